The fraction of sp³-hybridized carbons (Fsp3) is 0.409. The van der Waals surface area contributed by atoms with Crippen molar-refractivity contribution in [3.05, 3.63) is 54.1 Å². The van der Waals surface area contributed by atoms with Gasteiger partial charge in [0.15, 0.2) is 0 Å². The lowest BCUT2D eigenvalue weighted by atomic mass is 10.1. The lowest BCUT2D eigenvalue weighted by Crippen LogP contribution is -2.40. The van der Waals surface area contributed by atoms with E-state index in [4.69, 9.17) is 9.47 Å². The number of hydrogen-bond donors (Lipinski definition) is 1. The van der Waals surface area contributed by atoms with Crippen LogP contribution in [0, 0.1) is 0 Å². The maximum absolute atomic E-state index is 12.3. The van der Waals surface area contributed by atoms with Gasteiger partial charge in [-0.1, -0.05) is 25.1 Å². The van der Waals surface area contributed by atoms with E-state index in [1.165, 1.54) is 7.11 Å². The third-order valence-electron chi connectivity index (χ3n) is 4.43. The molecule has 2 aromatic carbocycles. The highest BCUT2D eigenvalue weighted by Crippen LogP contribution is 2.21. The largest absolute Gasteiger partial charge is 0.497 e. The van der Waals surface area contributed by atoms with Gasteiger partial charge in [-0.25, -0.2) is 8.42 Å². The van der Waals surface area contributed by atoms with Crippen LogP contribution in [0.25, 0.3) is 0 Å². The number of hydrogen-bond acceptors (Lipinski definition) is 5. The van der Waals surface area contributed by atoms with Crippen LogP contribution in [-0.4, -0.2) is 47.4 Å². The molecule has 30 heavy (non-hydrogen) atoms. The van der Waals surface area contributed by atoms with Gasteiger partial charge in [-0.3, -0.25) is 9.10 Å². The first-order chi connectivity index (χ1) is 14.3. The van der Waals surface area contributed by atoms with Crippen LogP contribution < -0.4 is 19.1 Å². The Bertz CT molecular complexity index is 913. The molecule has 2 rings (SSSR count). The van der Waals surface area contributed by atoms with Crippen molar-refractivity contribution in [3.63, 3.8) is 0 Å². The fourth-order valence-corrected chi connectivity index (χ4v) is 3.76. The number of carbonyl (C=O) groups excluding carboxylic acids is 1. The highest BCUT2D eigenvalue weighted by Gasteiger charge is 2.20. The van der Waals surface area contributed by atoms with Crippen molar-refractivity contribution in [3.8, 4) is 11.5 Å². The number of nitrogens with zero attached hydrogens (tertiary/aromatic N) is 1. The quantitative estimate of drug-likeness (QED) is 0.519. The van der Waals surface area contributed by atoms with Crippen molar-refractivity contribution >= 4 is 21.6 Å². The number of methoxy groups -OCH3 is 1. The number of anilines is 1. The smallest absolute Gasteiger partial charge is 0.240 e. The second-order valence-electron chi connectivity index (χ2n) is 6.88. The summed E-state index contributed by atoms with van der Waals surface area (Å²) in [6.07, 6.45) is 3.50. The maximum atomic E-state index is 12.3. The molecule has 0 aromatic heterocycles. The first kappa shape index (κ1) is 23.5. The van der Waals surface area contributed by atoms with Crippen molar-refractivity contribution in [1.82, 2.24) is 5.32 Å². The molecule has 1 amide bonds. The molecule has 164 valence electrons. The van der Waals surface area contributed by atoms with Crippen LogP contribution in [-0.2, 0) is 21.2 Å². The van der Waals surface area contributed by atoms with Crippen molar-refractivity contribution < 1.29 is 22.7 Å². The van der Waals surface area contributed by atoms with Crippen LogP contribution in [0.15, 0.2) is 48.5 Å². The van der Waals surface area contributed by atoms with Gasteiger partial charge in [-0.2, -0.15) is 0 Å². The average Bonchev–Trinajstić information content (AvgIpc) is 2.73. The number of aryl methyl sites for hydroxylation is 1. The molecule has 0 bridgehead atoms. The van der Waals surface area contributed by atoms with Gasteiger partial charge in [0.1, 0.15) is 18.0 Å². The van der Waals surface area contributed by atoms with E-state index in [0.717, 1.165) is 41.1 Å². The third-order valence-corrected chi connectivity index (χ3v) is 5.57. The molecule has 8 heteroatoms. The van der Waals surface area contributed by atoms with Crippen LogP contribution in [0.4, 0.5) is 5.69 Å². The van der Waals surface area contributed by atoms with E-state index in [2.05, 4.69) is 12.2 Å². The van der Waals surface area contributed by atoms with Crippen molar-refractivity contribution in [1.29, 1.82) is 0 Å². The van der Waals surface area contributed by atoms with Crippen molar-refractivity contribution in [2.45, 2.75) is 26.2 Å². The van der Waals surface area contributed by atoms with E-state index < -0.39 is 10.0 Å². The predicted octanol–water partition coefficient (Wildman–Crippen LogP) is 3.00. The zero-order valence-corrected chi connectivity index (χ0v) is 18.6. The summed E-state index contributed by atoms with van der Waals surface area (Å²) < 4.78 is 36.2. The molecule has 0 aliphatic carbocycles. The third kappa shape index (κ3) is 7.26. The number of benzene rings is 2. The van der Waals surface area contributed by atoms with E-state index in [0.29, 0.717) is 24.6 Å². The SMILES string of the molecule is CCCOc1ccccc1CCCNC(=O)CN(c1ccc(OC)cc1)S(C)(=O)=O. The minimum Gasteiger partial charge on any atom is -0.497 e. The Morgan fingerprint density at radius 1 is 1.10 bits per heavy atom. The Hall–Kier alpha value is -2.74. The topological polar surface area (TPSA) is 84.9 Å². The molecule has 0 saturated carbocycles. The van der Waals surface area contributed by atoms with E-state index in [-0.39, 0.29) is 12.5 Å². The van der Waals surface area contributed by atoms with Crippen LogP contribution in [0.3, 0.4) is 0 Å². The van der Waals surface area contributed by atoms with Crippen LogP contribution in [0.5, 0.6) is 11.5 Å². The average molecular weight is 435 g/mol. The van der Waals surface area contributed by atoms with E-state index in [1.54, 1.807) is 24.3 Å². The molecule has 0 aliphatic rings. The monoisotopic (exact) mass is 434 g/mol. The molecule has 0 fully saturated rings. The molecule has 0 heterocycles. The van der Waals surface area contributed by atoms with Gasteiger partial charge in [0.25, 0.3) is 0 Å². The Labute approximate surface area is 179 Å². The van der Waals surface area contributed by atoms with E-state index >= 15 is 0 Å². The molecule has 0 saturated heterocycles. The van der Waals surface area contributed by atoms with Gasteiger partial charge in [0.2, 0.25) is 15.9 Å². The number of amides is 1. The highest BCUT2D eigenvalue weighted by atomic mass is 32.2. The summed E-state index contributed by atoms with van der Waals surface area (Å²) in [5, 5.41) is 2.80. The van der Waals surface area contributed by atoms with Gasteiger partial charge in [-0.05, 0) is 55.2 Å². The standard InChI is InChI=1S/C22H30N2O5S/c1-4-16-29-21-10-6-5-8-18(21)9-7-15-23-22(25)17-24(30(3,26)27)19-11-13-20(28-2)14-12-19/h5-6,8,10-14H,4,7,9,15-17H2,1-3H3,(H,23,25). The molecule has 7 nitrogen and oxygen atoms in total. The zero-order chi connectivity index (χ0) is 22.0. The summed E-state index contributed by atoms with van der Waals surface area (Å²) in [6.45, 7) is 2.90. The second-order valence-corrected chi connectivity index (χ2v) is 8.78. The minimum atomic E-state index is -3.61. The molecule has 0 aliphatic heterocycles. The molecule has 2 aromatic rings. The number of rotatable bonds is 12. The van der Waals surface area contributed by atoms with E-state index in [9.17, 15) is 13.2 Å². The Morgan fingerprint density at radius 3 is 2.43 bits per heavy atom. The summed E-state index contributed by atoms with van der Waals surface area (Å²) in [5.74, 6) is 1.13. The normalized spacial score (nSPS) is 11.0. The van der Waals surface area contributed by atoms with Gasteiger partial charge < -0.3 is 14.8 Å². The van der Waals surface area contributed by atoms with Crippen molar-refractivity contribution in [2.75, 3.05) is 37.4 Å². The summed E-state index contributed by atoms with van der Waals surface area (Å²) in [7, 11) is -2.07. The first-order valence-corrected chi connectivity index (χ1v) is 11.8. The first-order valence-electron chi connectivity index (χ1n) is 9.94. The Kier molecular flexibility index (Phi) is 8.98. The van der Waals surface area contributed by atoms with Crippen LogP contribution in [0.2, 0.25) is 0 Å². The van der Waals surface area contributed by atoms with Crippen LogP contribution >= 0.6 is 0 Å². The second kappa shape index (κ2) is 11.4. The van der Waals surface area contributed by atoms with Gasteiger partial charge in [0.05, 0.1) is 25.7 Å². The molecule has 0 radical (unpaired) electrons. The van der Waals surface area contributed by atoms with Crippen molar-refractivity contribution in [2.24, 2.45) is 0 Å². The molecular weight excluding hydrogens is 404 g/mol. The lowest BCUT2D eigenvalue weighted by Gasteiger charge is -2.22. The minimum absolute atomic E-state index is 0.276. The zero-order valence-electron chi connectivity index (χ0n) is 17.8. The number of nitrogens with one attached hydrogen (secondary N) is 1. The summed E-state index contributed by atoms with van der Waals surface area (Å²) in [6, 6.07) is 14.4. The number of carbonyl (C=O) groups is 1. The number of sulfonamides is 1. The number of para-hydroxylation sites is 1. The summed E-state index contributed by atoms with van der Waals surface area (Å²) in [5.41, 5.74) is 1.51. The van der Waals surface area contributed by atoms with Gasteiger partial charge >= 0.3 is 0 Å². The maximum Gasteiger partial charge on any atom is 0.240 e. The molecule has 1 N–H and O–H groups in total. The summed E-state index contributed by atoms with van der Waals surface area (Å²) >= 11 is 0. The highest BCUT2D eigenvalue weighted by molar-refractivity contribution is 7.92. The summed E-state index contributed by atoms with van der Waals surface area (Å²) in [4.78, 5) is 12.3. The lowest BCUT2D eigenvalue weighted by molar-refractivity contribution is -0.119. The Balaban J connectivity index is 1.89. The fourth-order valence-electron chi connectivity index (χ4n) is 2.90. The molecule has 0 spiro atoms. The van der Waals surface area contributed by atoms with E-state index in [1.807, 2.05) is 24.3 Å². The van der Waals surface area contributed by atoms with Crippen LogP contribution in [0.1, 0.15) is 25.3 Å². The molecular formula is C22H30N2O5S. The predicted molar refractivity (Wildman–Crippen MR) is 119 cm³/mol. The van der Waals surface area contributed by atoms with Gasteiger partial charge in [-0.15, -0.1) is 0 Å². The Morgan fingerprint density at radius 2 is 1.80 bits per heavy atom. The number of ether oxygens (including phenoxy) is 2. The van der Waals surface area contributed by atoms with Gasteiger partial charge in [0, 0.05) is 6.54 Å². The molecule has 0 unspecified atom stereocenters. The molecule has 0 atom stereocenters.